The van der Waals surface area contributed by atoms with Gasteiger partial charge in [-0.05, 0) is 6.42 Å². The molecule has 1 amide bonds. The average molecular weight is 227 g/mol. The van der Waals surface area contributed by atoms with Crippen molar-refractivity contribution in [3.8, 4) is 0 Å². The molecular weight excluding hydrogens is 216 g/mol. The van der Waals surface area contributed by atoms with Crippen LogP contribution in [0.4, 0.5) is 5.82 Å². The highest BCUT2D eigenvalue weighted by Gasteiger charge is 2.16. The number of halogens is 1. The van der Waals surface area contributed by atoms with Gasteiger partial charge in [-0.3, -0.25) is 9.78 Å². The van der Waals surface area contributed by atoms with Crippen molar-refractivity contribution in [1.29, 1.82) is 0 Å². The van der Waals surface area contributed by atoms with Crippen LogP contribution in [-0.4, -0.2) is 35.5 Å². The van der Waals surface area contributed by atoms with Crippen molar-refractivity contribution in [2.75, 3.05) is 24.5 Å². The maximum Gasteiger partial charge on any atom is 0.239 e. The zero-order valence-electron chi connectivity index (χ0n) is 8.11. The Balaban J connectivity index is 2.18. The van der Waals surface area contributed by atoms with Crippen LogP contribution in [-0.2, 0) is 4.79 Å². The number of anilines is 1. The summed E-state index contributed by atoms with van der Waals surface area (Å²) < 4.78 is 0. The van der Waals surface area contributed by atoms with Crippen LogP contribution in [0.15, 0.2) is 12.4 Å². The lowest BCUT2D eigenvalue weighted by molar-refractivity contribution is -0.119. The Kier molecular flexibility index (Phi) is 3.01. The van der Waals surface area contributed by atoms with Gasteiger partial charge in [0.05, 0.1) is 18.9 Å². The normalized spacial score (nSPS) is 17.1. The third-order valence-electron chi connectivity index (χ3n) is 2.18. The molecule has 15 heavy (non-hydrogen) atoms. The maximum atomic E-state index is 11.3. The molecule has 0 bridgehead atoms. The van der Waals surface area contributed by atoms with E-state index in [1.165, 1.54) is 6.20 Å². The Morgan fingerprint density at radius 2 is 2.33 bits per heavy atom. The maximum absolute atomic E-state index is 11.3. The van der Waals surface area contributed by atoms with Crippen molar-refractivity contribution in [3.05, 3.63) is 17.5 Å². The van der Waals surface area contributed by atoms with Crippen LogP contribution < -0.4 is 10.2 Å². The van der Waals surface area contributed by atoms with E-state index in [0.717, 1.165) is 13.0 Å². The van der Waals surface area contributed by atoms with Crippen molar-refractivity contribution in [2.45, 2.75) is 6.42 Å². The molecule has 0 radical (unpaired) electrons. The largest absolute Gasteiger partial charge is 0.354 e. The van der Waals surface area contributed by atoms with Gasteiger partial charge in [-0.15, -0.1) is 0 Å². The number of amides is 1. The number of rotatable bonds is 1. The second kappa shape index (κ2) is 4.44. The lowest BCUT2D eigenvalue weighted by Crippen LogP contribution is -2.33. The van der Waals surface area contributed by atoms with Crippen LogP contribution in [0.5, 0.6) is 0 Å². The third-order valence-corrected chi connectivity index (χ3v) is 2.36. The zero-order valence-corrected chi connectivity index (χ0v) is 8.87. The van der Waals surface area contributed by atoms with Crippen molar-refractivity contribution in [3.63, 3.8) is 0 Å². The summed E-state index contributed by atoms with van der Waals surface area (Å²) in [7, 11) is 0. The topological polar surface area (TPSA) is 58.1 Å². The number of carbonyl (C=O) groups excluding carboxylic acids is 1. The summed E-state index contributed by atoms with van der Waals surface area (Å²) in [5.74, 6) is 0.661. The summed E-state index contributed by atoms with van der Waals surface area (Å²) in [4.78, 5) is 21.3. The fourth-order valence-corrected chi connectivity index (χ4v) is 1.63. The quantitative estimate of drug-likeness (QED) is 0.756. The van der Waals surface area contributed by atoms with Crippen LogP contribution in [0.2, 0.25) is 5.15 Å². The van der Waals surface area contributed by atoms with Gasteiger partial charge < -0.3 is 10.2 Å². The molecule has 5 nitrogen and oxygen atoms in total. The highest BCUT2D eigenvalue weighted by atomic mass is 35.5. The second-order valence-electron chi connectivity index (χ2n) is 3.33. The van der Waals surface area contributed by atoms with E-state index in [-0.39, 0.29) is 5.91 Å². The van der Waals surface area contributed by atoms with Gasteiger partial charge in [0.25, 0.3) is 0 Å². The molecule has 0 unspecified atom stereocenters. The SMILES string of the molecule is O=C1CN(c2cncc(Cl)n2)CCCN1. The lowest BCUT2D eigenvalue weighted by Gasteiger charge is -2.19. The molecule has 1 aliphatic heterocycles. The minimum absolute atomic E-state index is 0.00859. The molecule has 0 aliphatic carbocycles. The summed E-state index contributed by atoms with van der Waals surface area (Å²) in [6, 6.07) is 0. The lowest BCUT2D eigenvalue weighted by atomic mass is 10.4. The minimum Gasteiger partial charge on any atom is -0.354 e. The third kappa shape index (κ3) is 2.56. The molecule has 0 saturated carbocycles. The van der Waals surface area contributed by atoms with Crippen molar-refractivity contribution >= 4 is 23.3 Å². The first-order chi connectivity index (χ1) is 7.25. The Morgan fingerprint density at radius 3 is 3.13 bits per heavy atom. The van der Waals surface area contributed by atoms with Crippen molar-refractivity contribution < 1.29 is 4.79 Å². The van der Waals surface area contributed by atoms with Gasteiger partial charge >= 0.3 is 0 Å². The van der Waals surface area contributed by atoms with E-state index in [0.29, 0.717) is 24.1 Å². The highest BCUT2D eigenvalue weighted by molar-refractivity contribution is 6.29. The smallest absolute Gasteiger partial charge is 0.239 e. The number of nitrogens with zero attached hydrogens (tertiary/aromatic N) is 3. The van der Waals surface area contributed by atoms with E-state index in [1.807, 2.05) is 4.90 Å². The first-order valence-corrected chi connectivity index (χ1v) is 5.13. The molecule has 2 rings (SSSR count). The van der Waals surface area contributed by atoms with Crippen LogP contribution in [0, 0.1) is 0 Å². The van der Waals surface area contributed by atoms with Crippen LogP contribution >= 0.6 is 11.6 Å². The van der Waals surface area contributed by atoms with Crippen LogP contribution in [0.1, 0.15) is 6.42 Å². The number of carbonyl (C=O) groups is 1. The van der Waals surface area contributed by atoms with E-state index >= 15 is 0 Å². The van der Waals surface area contributed by atoms with Gasteiger partial charge in [-0.2, -0.15) is 0 Å². The first-order valence-electron chi connectivity index (χ1n) is 4.75. The van der Waals surface area contributed by atoms with E-state index in [9.17, 15) is 4.79 Å². The minimum atomic E-state index is 0.00859. The van der Waals surface area contributed by atoms with Crippen molar-refractivity contribution in [1.82, 2.24) is 15.3 Å². The summed E-state index contributed by atoms with van der Waals surface area (Å²) in [6.45, 7) is 1.81. The standard InChI is InChI=1S/C9H11ClN4O/c10-7-4-11-5-8(13-7)14-3-1-2-12-9(15)6-14/h4-5H,1-3,6H2,(H,12,15). The Hall–Kier alpha value is -1.36. The van der Waals surface area contributed by atoms with Gasteiger partial charge in [0, 0.05) is 13.1 Å². The predicted octanol–water partition coefficient (Wildman–Crippen LogP) is 0.456. The Morgan fingerprint density at radius 1 is 1.47 bits per heavy atom. The molecule has 0 atom stereocenters. The van der Waals surface area contributed by atoms with Gasteiger partial charge in [0.2, 0.25) is 5.91 Å². The van der Waals surface area contributed by atoms with E-state index in [4.69, 9.17) is 11.6 Å². The van der Waals surface area contributed by atoms with Gasteiger partial charge in [0.1, 0.15) is 11.0 Å². The van der Waals surface area contributed by atoms with E-state index < -0.39 is 0 Å². The Bertz CT molecular complexity index is 371. The predicted molar refractivity (Wildman–Crippen MR) is 56.9 cm³/mol. The molecule has 0 spiro atoms. The second-order valence-corrected chi connectivity index (χ2v) is 3.71. The molecule has 1 aromatic heterocycles. The average Bonchev–Trinajstić information content (AvgIpc) is 2.43. The Labute approximate surface area is 92.5 Å². The molecule has 1 saturated heterocycles. The van der Waals surface area contributed by atoms with E-state index in [1.54, 1.807) is 6.20 Å². The molecule has 1 aliphatic rings. The van der Waals surface area contributed by atoms with Gasteiger partial charge in [0.15, 0.2) is 0 Å². The van der Waals surface area contributed by atoms with Crippen LogP contribution in [0.3, 0.4) is 0 Å². The summed E-state index contributed by atoms with van der Waals surface area (Å²) in [6.07, 6.45) is 3.99. The van der Waals surface area contributed by atoms with Crippen LogP contribution in [0.25, 0.3) is 0 Å². The highest BCUT2D eigenvalue weighted by Crippen LogP contribution is 2.13. The fraction of sp³-hybridized carbons (Fsp3) is 0.444. The number of aromatic nitrogens is 2. The summed E-state index contributed by atoms with van der Waals surface area (Å²) in [5.41, 5.74) is 0. The molecule has 0 aromatic carbocycles. The molecule has 1 aromatic rings. The summed E-state index contributed by atoms with van der Waals surface area (Å²) >= 11 is 5.74. The summed E-state index contributed by atoms with van der Waals surface area (Å²) in [5, 5.41) is 3.14. The zero-order chi connectivity index (χ0) is 10.7. The van der Waals surface area contributed by atoms with E-state index in [2.05, 4.69) is 15.3 Å². The van der Waals surface area contributed by atoms with Crippen molar-refractivity contribution in [2.24, 2.45) is 0 Å². The number of nitrogens with one attached hydrogen (secondary N) is 1. The molecular formula is C9H11ClN4O. The number of hydrogen-bond donors (Lipinski definition) is 1. The number of hydrogen-bond acceptors (Lipinski definition) is 4. The molecule has 1 N–H and O–H groups in total. The molecule has 6 heteroatoms. The van der Waals surface area contributed by atoms with Gasteiger partial charge in [-0.1, -0.05) is 11.6 Å². The molecule has 2 heterocycles. The molecule has 1 fully saturated rings. The first kappa shape index (κ1) is 10.2. The fourth-order valence-electron chi connectivity index (χ4n) is 1.49. The monoisotopic (exact) mass is 226 g/mol. The molecule has 80 valence electrons. The van der Waals surface area contributed by atoms with Gasteiger partial charge in [-0.25, -0.2) is 4.98 Å².